The molecular formula is C26H22N8O5S. The number of hydrogen-bond acceptors (Lipinski definition) is 11. The Balaban J connectivity index is 1.49. The van der Waals surface area contributed by atoms with Gasteiger partial charge in [0.15, 0.2) is 11.5 Å². The summed E-state index contributed by atoms with van der Waals surface area (Å²) < 4.78 is 18.8. The number of amides is 1. The van der Waals surface area contributed by atoms with Crippen molar-refractivity contribution in [1.82, 2.24) is 35.0 Å². The molecule has 0 radical (unpaired) electrons. The first-order valence-electron chi connectivity index (χ1n) is 11.7. The van der Waals surface area contributed by atoms with Crippen LogP contribution in [0, 0.1) is 0 Å². The zero-order chi connectivity index (χ0) is 28.1. The van der Waals surface area contributed by atoms with Crippen LogP contribution in [0.25, 0.3) is 11.3 Å². The maximum atomic E-state index is 13.4. The average molecular weight is 559 g/mol. The molecule has 2 aromatic carbocycles. The SMILES string of the molecule is COc1cc(C(=O)N/N=C/c2c(Sc3nnnn3-c3ccccc3)nc3ccccn3c2=O)cc(OC)c1OC. The Hall–Kier alpha value is -5.24. The van der Waals surface area contributed by atoms with Crippen molar-refractivity contribution in [2.24, 2.45) is 5.10 Å². The number of carbonyl (C=O) groups is 1. The normalized spacial score (nSPS) is 11.1. The van der Waals surface area contributed by atoms with E-state index in [4.69, 9.17) is 14.2 Å². The van der Waals surface area contributed by atoms with Crippen molar-refractivity contribution in [3.05, 3.63) is 88.3 Å². The van der Waals surface area contributed by atoms with Crippen LogP contribution in [-0.4, -0.2) is 63.0 Å². The van der Waals surface area contributed by atoms with Crippen LogP contribution < -0.4 is 25.2 Å². The van der Waals surface area contributed by atoms with Gasteiger partial charge in [-0.25, -0.2) is 10.4 Å². The monoisotopic (exact) mass is 558 g/mol. The molecule has 1 amide bonds. The molecule has 5 rings (SSSR count). The van der Waals surface area contributed by atoms with Crippen molar-refractivity contribution in [2.45, 2.75) is 10.2 Å². The Kier molecular flexibility index (Phi) is 7.68. The number of tetrazole rings is 1. The highest BCUT2D eigenvalue weighted by Gasteiger charge is 2.19. The van der Waals surface area contributed by atoms with Crippen LogP contribution >= 0.6 is 11.8 Å². The molecule has 5 aromatic rings. The van der Waals surface area contributed by atoms with Crippen molar-refractivity contribution in [3.8, 4) is 22.9 Å². The maximum absolute atomic E-state index is 13.4. The van der Waals surface area contributed by atoms with Gasteiger partial charge in [-0.2, -0.15) is 9.78 Å². The van der Waals surface area contributed by atoms with E-state index in [0.717, 1.165) is 17.4 Å². The molecule has 13 nitrogen and oxygen atoms in total. The molecule has 0 aliphatic carbocycles. The fourth-order valence-corrected chi connectivity index (χ4v) is 4.63. The standard InChI is InChI=1S/C26H22N8O5S/c1-37-19-13-16(14-20(38-2)22(19)39-3)23(35)29-27-15-18-24(28-21-11-7-8-12-33(21)25(18)36)40-26-30-31-32-34(26)17-9-5-4-6-10-17/h4-15H,1-3H3,(H,29,35)/b27-15+. The second-order valence-corrected chi connectivity index (χ2v) is 8.94. The molecule has 3 aromatic heterocycles. The minimum absolute atomic E-state index is 0.126. The smallest absolute Gasteiger partial charge is 0.271 e. The third-order valence-corrected chi connectivity index (χ3v) is 6.59. The number of hydrazone groups is 1. The van der Waals surface area contributed by atoms with Crippen molar-refractivity contribution >= 4 is 29.5 Å². The van der Waals surface area contributed by atoms with Gasteiger partial charge in [0.25, 0.3) is 11.5 Å². The Labute approximate surface area is 231 Å². The summed E-state index contributed by atoms with van der Waals surface area (Å²) >= 11 is 1.09. The third-order valence-electron chi connectivity index (χ3n) is 5.65. The third kappa shape index (κ3) is 5.19. The van der Waals surface area contributed by atoms with E-state index in [1.807, 2.05) is 30.3 Å². The lowest BCUT2D eigenvalue weighted by Crippen LogP contribution is -2.23. The molecule has 0 unspecified atom stereocenters. The molecule has 3 heterocycles. The van der Waals surface area contributed by atoms with Crippen molar-refractivity contribution in [2.75, 3.05) is 21.3 Å². The van der Waals surface area contributed by atoms with Gasteiger partial charge >= 0.3 is 0 Å². The van der Waals surface area contributed by atoms with Crippen molar-refractivity contribution in [1.29, 1.82) is 0 Å². The molecule has 0 spiro atoms. The number of nitrogens with zero attached hydrogens (tertiary/aromatic N) is 7. The molecule has 0 saturated carbocycles. The number of benzene rings is 2. The van der Waals surface area contributed by atoms with E-state index in [1.54, 1.807) is 24.4 Å². The molecule has 1 N–H and O–H groups in total. The Morgan fingerprint density at radius 3 is 2.42 bits per heavy atom. The van der Waals surface area contributed by atoms with E-state index in [0.29, 0.717) is 33.1 Å². The number of methoxy groups -OCH3 is 3. The van der Waals surface area contributed by atoms with Gasteiger partial charge in [-0.1, -0.05) is 24.3 Å². The molecule has 0 bridgehead atoms. The zero-order valence-electron chi connectivity index (χ0n) is 21.5. The van der Waals surface area contributed by atoms with Gasteiger partial charge in [-0.05, 0) is 58.6 Å². The Bertz CT molecular complexity index is 1750. The molecule has 0 saturated heterocycles. The number of fused-ring (bicyclic) bond motifs is 1. The average Bonchev–Trinajstić information content (AvgIpc) is 3.46. The number of nitrogens with one attached hydrogen (secondary N) is 1. The Morgan fingerprint density at radius 1 is 1.00 bits per heavy atom. The highest BCUT2D eigenvalue weighted by Crippen LogP contribution is 2.38. The fraction of sp³-hybridized carbons (Fsp3) is 0.115. The predicted octanol–water partition coefficient (Wildman–Crippen LogP) is 2.61. The minimum atomic E-state index is -0.563. The number of carbonyl (C=O) groups excluding carboxylic acids is 1. The van der Waals surface area contributed by atoms with Gasteiger partial charge in [-0.15, -0.1) is 5.10 Å². The van der Waals surface area contributed by atoms with E-state index < -0.39 is 11.5 Å². The predicted molar refractivity (Wildman–Crippen MR) is 146 cm³/mol. The van der Waals surface area contributed by atoms with Crippen LogP contribution in [0.5, 0.6) is 17.2 Å². The summed E-state index contributed by atoms with van der Waals surface area (Å²) in [6, 6.07) is 17.5. The summed E-state index contributed by atoms with van der Waals surface area (Å²) in [6.45, 7) is 0. The van der Waals surface area contributed by atoms with Gasteiger partial charge in [0.2, 0.25) is 10.9 Å². The second kappa shape index (κ2) is 11.7. The van der Waals surface area contributed by atoms with Gasteiger partial charge in [0.05, 0.1) is 38.8 Å². The lowest BCUT2D eigenvalue weighted by Gasteiger charge is -2.13. The zero-order valence-corrected chi connectivity index (χ0v) is 22.3. The van der Waals surface area contributed by atoms with Gasteiger partial charge in [-0.3, -0.25) is 14.0 Å². The van der Waals surface area contributed by atoms with Crippen LogP contribution in [0.4, 0.5) is 0 Å². The van der Waals surface area contributed by atoms with E-state index in [-0.39, 0.29) is 11.1 Å². The maximum Gasteiger partial charge on any atom is 0.271 e. The highest BCUT2D eigenvalue weighted by atomic mass is 32.2. The number of aromatic nitrogens is 6. The van der Waals surface area contributed by atoms with Crippen LogP contribution in [-0.2, 0) is 0 Å². The van der Waals surface area contributed by atoms with Crippen LogP contribution in [0.15, 0.2) is 86.9 Å². The first-order chi connectivity index (χ1) is 19.5. The fourth-order valence-electron chi connectivity index (χ4n) is 3.76. The second-order valence-electron chi connectivity index (χ2n) is 7.99. The lowest BCUT2D eigenvalue weighted by atomic mass is 10.1. The van der Waals surface area contributed by atoms with Crippen molar-refractivity contribution in [3.63, 3.8) is 0 Å². The van der Waals surface area contributed by atoms with Gasteiger partial charge in [0, 0.05) is 11.8 Å². The van der Waals surface area contributed by atoms with Crippen LogP contribution in [0.2, 0.25) is 0 Å². The largest absolute Gasteiger partial charge is 0.493 e. The van der Waals surface area contributed by atoms with Gasteiger partial charge in [0.1, 0.15) is 10.7 Å². The molecule has 0 aliphatic heterocycles. The van der Waals surface area contributed by atoms with Gasteiger partial charge < -0.3 is 14.2 Å². The number of ether oxygens (including phenoxy) is 3. The number of hydrogen-bond donors (Lipinski definition) is 1. The summed E-state index contributed by atoms with van der Waals surface area (Å²) in [7, 11) is 4.36. The minimum Gasteiger partial charge on any atom is -0.493 e. The van der Waals surface area contributed by atoms with Crippen LogP contribution in [0.1, 0.15) is 15.9 Å². The molecule has 0 aliphatic rings. The van der Waals surface area contributed by atoms with Crippen LogP contribution in [0.3, 0.4) is 0 Å². The highest BCUT2D eigenvalue weighted by molar-refractivity contribution is 7.99. The summed E-state index contributed by atoms with van der Waals surface area (Å²) in [6.07, 6.45) is 2.84. The van der Waals surface area contributed by atoms with E-state index in [9.17, 15) is 9.59 Å². The molecule has 40 heavy (non-hydrogen) atoms. The molecular weight excluding hydrogens is 536 g/mol. The van der Waals surface area contributed by atoms with E-state index in [1.165, 1.54) is 48.8 Å². The number of para-hydroxylation sites is 1. The quantitative estimate of drug-likeness (QED) is 0.163. The molecule has 202 valence electrons. The van der Waals surface area contributed by atoms with E-state index >= 15 is 0 Å². The molecule has 14 heteroatoms. The van der Waals surface area contributed by atoms with E-state index in [2.05, 4.69) is 31.0 Å². The summed E-state index contributed by atoms with van der Waals surface area (Å²) in [5.74, 6) is 0.400. The first kappa shape index (κ1) is 26.4. The first-order valence-corrected chi connectivity index (χ1v) is 12.5. The summed E-state index contributed by atoms with van der Waals surface area (Å²) in [4.78, 5) is 30.9. The van der Waals surface area contributed by atoms with Crippen molar-refractivity contribution < 1.29 is 19.0 Å². The topological polar surface area (TPSA) is 147 Å². The summed E-state index contributed by atoms with van der Waals surface area (Å²) in [5, 5.41) is 16.7. The lowest BCUT2D eigenvalue weighted by molar-refractivity contribution is 0.0954. The Morgan fingerprint density at radius 2 is 1.73 bits per heavy atom. The number of rotatable bonds is 9. The summed E-state index contributed by atoms with van der Waals surface area (Å²) in [5.41, 5.74) is 3.53. The number of pyridine rings is 1. The molecule has 0 atom stereocenters. The molecule has 0 fully saturated rings.